The first kappa shape index (κ1) is 45.4. The number of alkyl halides is 3. The first-order valence-corrected chi connectivity index (χ1v) is 23.8. The number of anilines is 2. The van der Waals surface area contributed by atoms with E-state index < -0.39 is 40.3 Å². The molecule has 12 nitrogen and oxygen atoms in total. The lowest BCUT2D eigenvalue weighted by molar-refractivity contribution is -0.167. The molecule has 0 saturated heterocycles. The molecule has 0 aliphatic carbocycles. The lowest BCUT2D eigenvalue weighted by atomic mass is 9.78. The summed E-state index contributed by atoms with van der Waals surface area (Å²) in [5.41, 5.74) is 0.850. The monoisotopic (exact) mass is 853 g/mol. The molecule has 0 saturated carbocycles. The fourth-order valence-corrected chi connectivity index (χ4v) is 12.5. The van der Waals surface area contributed by atoms with Crippen molar-refractivity contribution in [2.24, 2.45) is 0 Å². The molecule has 0 fully saturated rings. The number of hydrogen-bond donors (Lipinski definition) is 3. The zero-order valence-corrected chi connectivity index (χ0v) is 36.2. The topological polar surface area (TPSA) is 159 Å². The number of rotatable bonds is 17. The predicted octanol–water partition coefficient (Wildman–Crippen LogP) is 7.33. The zero-order valence-electron chi connectivity index (χ0n) is 34.3. The highest BCUT2D eigenvalue weighted by Gasteiger charge is 2.56. The number of nitrogens with zero attached hydrogens (tertiary/aromatic N) is 2. The van der Waals surface area contributed by atoms with Crippen molar-refractivity contribution in [1.29, 1.82) is 5.26 Å². The first-order chi connectivity index (χ1) is 27.8. The minimum absolute atomic E-state index is 0.0801. The molecule has 316 valence electrons. The van der Waals surface area contributed by atoms with Gasteiger partial charge in [0.2, 0.25) is 5.91 Å². The molecule has 2 unspecified atom stereocenters. The number of unbranched alkanes of at least 4 members (excludes halogenated alkanes) is 3. The smallest absolute Gasteiger partial charge is 0.441 e. The Kier molecular flexibility index (Phi) is 14.4. The maximum Gasteiger partial charge on any atom is 0.471 e. The second-order valence-corrected chi connectivity index (χ2v) is 21.4. The molecule has 2 atom stereocenters. The van der Waals surface area contributed by atoms with E-state index in [1.54, 1.807) is 42.5 Å². The number of hydrogen-bond acceptors (Lipinski definition) is 9. The van der Waals surface area contributed by atoms with Gasteiger partial charge in [0, 0.05) is 59.2 Å². The Hall–Kier alpha value is -4.65. The maximum absolute atomic E-state index is 13.7. The zero-order chi connectivity index (χ0) is 43.3. The molecule has 59 heavy (non-hydrogen) atoms. The van der Waals surface area contributed by atoms with E-state index >= 15 is 0 Å². The molecule has 0 aromatic heterocycles. The number of ether oxygens (including phenoxy) is 1. The Morgan fingerprint density at radius 1 is 0.864 bits per heavy atom. The van der Waals surface area contributed by atoms with Gasteiger partial charge < -0.3 is 29.7 Å². The summed E-state index contributed by atoms with van der Waals surface area (Å²) >= 11 is 0. The van der Waals surface area contributed by atoms with E-state index in [0.717, 1.165) is 24.4 Å². The van der Waals surface area contributed by atoms with Crippen LogP contribution in [0.25, 0.3) is 0 Å². The van der Waals surface area contributed by atoms with Gasteiger partial charge in [-0.25, -0.2) is 9.46 Å². The van der Waals surface area contributed by atoms with E-state index in [1.807, 2.05) is 18.4 Å². The Labute approximate surface area is 345 Å². The summed E-state index contributed by atoms with van der Waals surface area (Å²) in [5, 5.41) is 18.0. The molecule has 0 bridgehead atoms. The number of carbonyl (C=O) groups excluding carboxylic acids is 4. The van der Waals surface area contributed by atoms with E-state index in [-0.39, 0.29) is 40.7 Å². The normalized spacial score (nSPS) is 16.9. The van der Waals surface area contributed by atoms with Crippen molar-refractivity contribution >= 4 is 62.0 Å². The summed E-state index contributed by atoms with van der Waals surface area (Å²) in [4.78, 5) is 51.3. The number of carbonyl (C=O) groups is 4. The second-order valence-electron chi connectivity index (χ2n) is 15.7. The van der Waals surface area contributed by atoms with Crippen LogP contribution in [-0.2, 0) is 29.0 Å². The van der Waals surface area contributed by atoms with Crippen LogP contribution in [0, 0.1) is 11.3 Å². The number of amides is 3. The van der Waals surface area contributed by atoms with Gasteiger partial charge in [-0.2, -0.15) is 18.4 Å². The third kappa shape index (κ3) is 9.87. The number of halogens is 3. The minimum atomic E-state index is -5.11. The highest BCUT2D eigenvalue weighted by atomic mass is 31.2. The van der Waals surface area contributed by atoms with Gasteiger partial charge in [0.1, 0.15) is 8.07 Å². The van der Waals surface area contributed by atoms with Crippen molar-refractivity contribution in [3.8, 4) is 6.07 Å². The summed E-state index contributed by atoms with van der Waals surface area (Å²) in [6, 6.07) is 16.9. The van der Waals surface area contributed by atoms with Gasteiger partial charge in [0.25, 0.3) is 14.4 Å². The van der Waals surface area contributed by atoms with Crippen LogP contribution in [0.1, 0.15) is 104 Å². The van der Waals surface area contributed by atoms with E-state index in [2.05, 4.69) is 49.1 Å². The van der Waals surface area contributed by atoms with Crippen LogP contribution < -0.4 is 26.3 Å². The molecule has 3 aromatic carbocycles. The Balaban J connectivity index is 1.34. The second kappa shape index (κ2) is 18.7. The van der Waals surface area contributed by atoms with Crippen molar-refractivity contribution < 1.29 is 46.1 Å². The summed E-state index contributed by atoms with van der Waals surface area (Å²) in [6.07, 6.45) is -1.61. The summed E-state index contributed by atoms with van der Waals surface area (Å²) in [7, 11) is -4.16. The third-order valence-electron chi connectivity index (χ3n) is 10.3. The molecule has 5 rings (SSSR count). The summed E-state index contributed by atoms with van der Waals surface area (Å²) in [6.45, 7) is 14.9. The quantitative estimate of drug-likeness (QED) is 0.0548. The van der Waals surface area contributed by atoms with Crippen LogP contribution in [0.4, 0.5) is 24.5 Å². The van der Waals surface area contributed by atoms with Crippen LogP contribution in [0.3, 0.4) is 0 Å². The van der Waals surface area contributed by atoms with Crippen LogP contribution in [0.2, 0.25) is 13.1 Å². The largest absolute Gasteiger partial charge is 0.471 e. The Morgan fingerprint density at radius 3 is 2.03 bits per heavy atom. The van der Waals surface area contributed by atoms with Crippen molar-refractivity contribution in [3.63, 3.8) is 0 Å². The average Bonchev–Trinajstić information content (AvgIpc) is 3.45. The van der Waals surface area contributed by atoms with Crippen LogP contribution in [0.5, 0.6) is 0 Å². The Morgan fingerprint density at radius 2 is 1.46 bits per heavy atom. The molecule has 2 aliphatic heterocycles. The standard InChI is InChI=1S/C42H51F3N5O7PSi/c1-26(2)50(27(3)4)58(56-22-12-19-46)55-21-11-9-8-10-20-47-38(52)29-13-16-32-35(23-29)41(57-39(32)53)33-17-14-30(48-28(5)51)24-36(33)59(6,7)37-25-31(15-18-34(37)41)49-40(54)42(43,44)45/h13-18,23-27H,8-12,20-22H2,1-7H3,(H,47,52)(H,48,51)(H,49,54). The van der Waals surface area contributed by atoms with Crippen molar-refractivity contribution in [2.75, 3.05) is 30.4 Å². The molecular weight excluding hydrogens is 803 g/mol. The molecule has 3 aromatic rings. The van der Waals surface area contributed by atoms with Gasteiger partial charge in [-0.1, -0.05) is 38.1 Å². The molecule has 3 amide bonds. The van der Waals surface area contributed by atoms with Gasteiger partial charge in [0.05, 0.1) is 31.3 Å². The number of nitrogens with one attached hydrogen (secondary N) is 3. The molecule has 2 heterocycles. The maximum atomic E-state index is 13.7. The predicted molar refractivity (Wildman–Crippen MR) is 222 cm³/mol. The van der Waals surface area contributed by atoms with E-state index in [0.29, 0.717) is 60.2 Å². The SMILES string of the molecule is CC(=O)Nc1ccc2c(c1)[Si](C)(C)c1cc(NC(=O)C(F)(F)F)ccc1C21OC(=O)c2ccc(C(=O)NCCCCCCOP(OCCC#N)N(C(C)C)C(C)C)cc21. The number of nitriles is 1. The molecular formula is C42H51F3N5O7PSi. The fourth-order valence-electron chi connectivity index (χ4n) is 7.73. The first-order valence-electron chi connectivity index (χ1n) is 19.7. The van der Waals surface area contributed by atoms with Gasteiger partial charge in [-0.05, 0) is 93.4 Å². The van der Waals surface area contributed by atoms with Gasteiger partial charge >= 0.3 is 18.1 Å². The van der Waals surface area contributed by atoms with Crippen molar-refractivity contribution in [1.82, 2.24) is 9.99 Å². The molecule has 0 radical (unpaired) electrons. The van der Waals surface area contributed by atoms with Gasteiger partial charge in [-0.15, -0.1) is 0 Å². The minimum Gasteiger partial charge on any atom is -0.441 e. The van der Waals surface area contributed by atoms with E-state index in [1.165, 1.54) is 19.1 Å². The Bertz CT molecular complexity index is 2120. The van der Waals surface area contributed by atoms with E-state index in [9.17, 15) is 32.3 Å². The van der Waals surface area contributed by atoms with Gasteiger partial charge in [0.15, 0.2) is 5.60 Å². The van der Waals surface area contributed by atoms with Crippen LogP contribution in [-0.4, -0.2) is 74.5 Å². The van der Waals surface area contributed by atoms with Crippen molar-refractivity contribution in [3.05, 3.63) is 82.4 Å². The fraction of sp³-hybridized carbons (Fsp3) is 0.452. The van der Waals surface area contributed by atoms with Crippen molar-refractivity contribution in [2.45, 2.75) is 104 Å². The lowest BCUT2D eigenvalue weighted by Crippen LogP contribution is -2.63. The van der Waals surface area contributed by atoms with Crippen LogP contribution in [0.15, 0.2) is 54.6 Å². The number of benzene rings is 3. The molecule has 3 N–H and O–H groups in total. The summed E-state index contributed by atoms with van der Waals surface area (Å²) < 4.78 is 60.4. The molecule has 1 spiro atoms. The molecule has 17 heteroatoms. The third-order valence-corrected chi connectivity index (χ3v) is 16.0. The highest BCUT2D eigenvalue weighted by Crippen LogP contribution is 2.50. The lowest BCUT2D eigenvalue weighted by Gasteiger charge is -2.44. The van der Waals surface area contributed by atoms with E-state index in [4.69, 9.17) is 19.0 Å². The summed E-state index contributed by atoms with van der Waals surface area (Å²) in [5.74, 6) is -3.43. The average molecular weight is 854 g/mol. The van der Waals surface area contributed by atoms with Gasteiger partial charge in [-0.3, -0.25) is 14.4 Å². The number of fused-ring (bicyclic) bond motifs is 6. The highest BCUT2D eigenvalue weighted by molar-refractivity contribution is 7.44. The molecule has 2 aliphatic rings. The number of esters is 1. The van der Waals surface area contributed by atoms with Crippen LogP contribution >= 0.6 is 8.53 Å².